The minimum Gasteiger partial charge on any atom is -0.480 e. The molecular formula is C32H54N10O7S. The van der Waals surface area contributed by atoms with Crippen molar-refractivity contribution in [2.24, 2.45) is 0 Å². The van der Waals surface area contributed by atoms with Crippen LogP contribution < -0.4 is 53.2 Å². The molecule has 2 rings (SSSR count). The summed E-state index contributed by atoms with van der Waals surface area (Å²) < 4.78 is 0. The maximum Gasteiger partial charge on any atom is 0.326 e. The van der Waals surface area contributed by atoms with Gasteiger partial charge in [0, 0.05) is 77.1 Å². The molecule has 17 nitrogen and oxygen atoms in total. The second-order valence-corrected chi connectivity index (χ2v) is 12.2. The number of aliphatic carboxylic acids is 2. The van der Waals surface area contributed by atoms with E-state index >= 15 is 0 Å². The molecule has 280 valence electrons. The predicted octanol–water partition coefficient (Wildman–Crippen LogP) is -1.33. The molecule has 1 fully saturated rings. The molecule has 1 saturated heterocycles. The summed E-state index contributed by atoms with van der Waals surface area (Å²) in [6, 6.07) is 6.31. The van der Waals surface area contributed by atoms with Crippen molar-refractivity contribution in [1.29, 1.82) is 0 Å². The summed E-state index contributed by atoms with van der Waals surface area (Å²) >= 11 is 5.45. The zero-order valence-corrected chi connectivity index (χ0v) is 29.4. The summed E-state index contributed by atoms with van der Waals surface area (Å²) in [6.07, 6.45) is 3.97. The summed E-state index contributed by atoms with van der Waals surface area (Å²) in [5.74, 6) is -3.59. The minimum absolute atomic E-state index is 0.236. The third kappa shape index (κ3) is 21.1. The fourth-order valence-corrected chi connectivity index (χ4v) is 5.13. The number of carbonyl (C=O) groups is 5. The average molecular weight is 723 g/mol. The Labute approximate surface area is 298 Å². The van der Waals surface area contributed by atoms with E-state index in [0.717, 1.165) is 90.1 Å². The maximum atomic E-state index is 12.0. The van der Waals surface area contributed by atoms with Crippen LogP contribution in [0.15, 0.2) is 24.3 Å². The number of carbonyl (C=O) groups excluding carboxylic acids is 3. The standard InChI is InChI=1S/C32H54N10O7S/c43-27(10-9-26(30(47)48)42-31(49)40-22-29(45)46)39-21-28(44)37-11-3-1-2-4-12-38-32(50)41-24-7-5-23(6-8-24)19-25-20-35-16-15-33-13-14-34-17-18-36-25/h5-8,25-26,33-36H,1-4,9-22H2,(H,37,44)(H,39,43)(H,45,46)(H,47,48)(H2,38,41,50)(H2,40,42,49). The molecular weight excluding hydrogens is 668 g/mol. The fourth-order valence-electron chi connectivity index (χ4n) is 4.91. The Kier molecular flexibility index (Phi) is 21.7. The third-order valence-electron chi connectivity index (χ3n) is 7.60. The van der Waals surface area contributed by atoms with Crippen LogP contribution in [0.3, 0.4) is 0 Å². The monoisotopic (exact) mass is 722 g/mol. The van der Waals surface area contributed by atoms with Crippen molar-refractivity contribution in [3.63, 3.8) is 0 Å². The number of carboxylic acids is 2. The van der Waals surface area contributed by atoms with Crippen LogP contribution in [-0.2, 0) is 25.6 Å². The lowest BCUT2D eigenvalue weighted by Gasteiger charge is -2.21. The molecule has 0 bridgehead atoms. The highest BCUT2D eigenvalue weighted by Crippen LogP contribution is 2.11. The van der Waals surface area contributed by atoms with Gasteiger partial charge < -0.3 is 63.4 Å². The lowest BCUT2D eigenvalue weighted by Crippen LogP contribution is -2.47. The van der Waals surface area contributed by atoms with E-state index in [1.165, 1.54) is 5.56 Å². The van der Waals surface area contributed by atoms with Gasteiger partial charge in [0.25, 0.3) is 0 Å². The van der Waals surface area contributed by atoms with Crippen LogP contribution in [0.1, 0.15) is 44.1 Å². The Morgan fingerprint density at radius 1 is 0.760 bits per heavy atom. The molecule has 4 amide bonds. The number of unbranched alkanes of at least 4 members (excludes halogenated alkanes) is 3. The van der Waals surface area contributed by atoms with E-state index in [0.29, 0.717) is 17.7 Å². The Morgan fingerprint density at radius 3 is 2.06 bits per heavy atom. The number of amides is 4. The van der Waals surface area contributed by atoms with Gasteiger partial charge in [0.15, 0.2) is 5.11 Å². The molecule has 0 radical (unpaired) electrons. The van der Waals surface area contributed by atoms with Crippen LogP contribution in [-0.4, -0.2) is 129 Å². The highest BCUT2D eigenvalue weighted by molar-refractivity contribution is 7.80. The van der Waals surface area contributed by atoms with E-state index < -0.39 is 36.5 Å². The van der Waals surface area contributed by atoms with E-state index in [-0.39, 0.29) is 25.3 Å². The molecule has 12 N–H and O–H groups in total. The van der Waals surface area contributed by atoms with Crippen molar-refractivity contribution in [2.75, 3.05) is 77.3 Å². The van der Waals surface area contributed by atoms with Gasteiger partial charge in [-0.1, -0.05) is 25.0 Å². The average Bonchev–Trinajstić information content (AvgIpc) is 3.07. The molecule has 1 aromatic carbocycles. The summed E-state index contributed by atoms with van der Waals surface area (Å²) in [6.45, 7) is 6.89. The van der Waals surface area contributed by atoms with E-state index in [1.807, 2.05) is 17.4 Å². The molecule has 0 spiro atoms. The molecule has 1 aromatic rings. The minimum atomic E-state index is -1.40. The van der Waals surface area contributed by atoms with Crippen molar-refractivity contribution in [2.45, 2.75) is 57.0 Å². The molecule has 2 unspecified atom stereocenters. The van der Waals surface area contributed by atoms with Crippen LogP contribution in [0.5, 0.6) is 0 Å². The molecule has 0 aliphatic carbocycles. The molecule has 0 aromatic heterocycles. The lowest BCUT2D eigenvalue weighted by atomic mass is 10.1. The number of thiocarbonyl (C=S) groups is 1. The summed E-state index contributed by atoms with van der Waals surface area (Å²) in [4.78, 5) is 57.4. The van der Waals surface area contributed by atoms with Crippen LogP contribution in [0.2, 0.25) is 0 Å². The van der Waals surface area contributed by atoms with Gasteiger partial charge in [-0.25, -0.2) is 9.59 Å². The van der Waals surface area contributed by atoms with Crippen LogP contribution in [0.25, 0.3) is 0 Å². The number of anilines is 1. The Bertz CT molecular complexity index is 1200. The van der Waals surface area contributed by atoms with E-state index in [4.69, 9.17) is 17.3 Å². The first-order valence-electron chi connectivity index (χ1n) is 17.1. The van der Waals surface area contributed by atoms with Gasteiger partial charge in [-0.2, -0.15) is 0 Å². The first-order valence-corrected chi connectivity index (χ1v) is 17.5. The SMILES string of the molecule is O=C(O)CNC(=O)NC(CCC(=O)NCC(=O)NCCCCCCNC(=S)Nc1ccc(CC2CNCCNCCNCCN2)cc1)C(=O)O. The Morgan fingerprint density at radius 2 is 1.40 bits per heavy atom. The smallest absolute Gasteiger partial charge is 0.326 e. The van der Waals surface area contributed by atoms with Crippen molar-refractivity contribution in [3.05, 3.63) is 29.8 Å². The molecule has 1 aliphatic rings. The zero-order valence-electron chi connectivity index (χ0n) is 28.5. The van der Waals surface area contributed by atoms with E-state index in [9.17, 15) is 29.1 Å². The van der Waals surface area contributed by atoms with Gasteiger partial charge in [-0.3, -0.25) is 14.4 Å². The number of benzene rings is 1. The summed E-state index contributed by atoms with van der Waals surface area (Å²) in [7, 11) is 0. The van der Waals surface area contributed by atoms with Gasteiger partial charge in [0.1, 0.15) is 12.6 Å². The molecule has 1 heterocycles. The Balaban J connectivity index is 1.51. The number of nitrogens with one attached hydrogen (secondary N) is 10. The third-order valence-corrected chi connectivity index (χ3v) is 7.84. The van der Waals surface area contributed by atoms with Crippen molar-refractivity contribution in [1.82, 2.24) is 47.9 Å². The highest BCUT2D eigenvalue weighted by atomic mass is 32.1. The highest BCUT2D eigenvalue weighted by Gasteiger charge is 2.21. The molecule has 50 heavy (non-hydrogen) atoms. The van der Waals surface area contributed by atoms with Gasteiger partial charge in [-0.05, 0) is 55.6 Å². The zero-order chi connectivity index (χ0) is 36.4. The van der Waals surface area contributed by atoms with E-state index in [1.54, 1.807) is 0 Å². The van der Waals surface area contributed by atoms with Gasteiger partial charge in [0.05, 0.1) is 6.54 Å². The molecule has 1 aliphatic heterocycles. The maximum absolute atomic E-state index is 12.0. The summed E-state index contributed by atoms with van der Waals surface area (Å²) in [5.41, 5.74) is 2.19. The Hall–Kier alpha value is -4.10. The number of rotatable bonds is 19. The molecule has 0 saturated carbocycles. The first kappa shape index (κ1) is 42.1. The van der Waals surface area contributed by atoms with Crippen LogP contribution >= 0.6 is 12.2 Å². The quantitative estimate of drug-likeness (QED) is 0.0585. The number of hydrogen-bond donors (Lipinski definition) is 12. The molecule has 18 heteroatoms. The number of carboxylic acid groups (broad SMARTS) is 2. The fraction of sp³-hybridized carbons (Fsp3) is 0.625. The van der Waals surface area contributed by atoms with Gasteiger partial charge >= 0.3 is 18.0 Å². The second-order valence-electron chi connectivity index (χ2n) is 11.8. The van der Waals surface area contributed by atoms with Crippen molar-refractivity contribution >= 4 is 52.8 Å². The van der Waals surface area contributed by atoms with Crippen LogP contribution in [0.4, 0.5) is 10.5 Å². The topological polar surface area (TPSA) is 246 Å². The predicted molar refractivity (Wildman–Crippen MR) is 194 cm³/mol. The van der Waals surface area contributed by atoms with Gasteiger partial charge in [0.2, 0.25) is 11.8 Å². The first-order chi connectivity index (χ1) is 24.1. The van der Waals surface area contributed by atoms with E-state index in [2.05, 4.69) is 60.0 Å². The lowest BCUT2D eigenvalue weighted by molar-refractivity contribution is -0.139. The summed E-state index contributed by atoms with van der Waals surface area (Å²) in [5, 5.41) is 48.0. The normalized spacial score (nSPS) is 16.0. The number of urea groups is 1. The molecule has 2 atom stereocenters. The van der Waals surface area contributed by atoms with Crippen LogP contribution in [0, 0.1) is 0 Å². The van der Waals surface area contributed by atoms with Crippen molar-refractivity contribution in [3.8, 4) is 0 Å². The second kappa shape index (κ2) is 25.8. The number of hydrogen-bond acceptors (Lipinski definition) is 10. The van der Waals surface area contributed by atoms with Crippen molar-refractivity contribution < 1.29 is 34.2 Å². The van der Waals surface area contributed by atoms with Gasteiger partial charge in [-0.15, -0.1) is 0 Å². The largest absolute Gasteiger partial charge is 0.480 e.